The van der Waals surface area contributed by atoms with Crippen LogP contribution in [0.25, 0.3) is 17.2 Å². The first-order valence-electron chi connectivity index (χ1n) is 17.4. The van der Waals surface area contributed by atoms with Crippen LogP contribution in [-0.4, -0.2) is 128 Å². The Morgan fingerprint density at radius 1 is 1.05 bits per heavy atom. The number of phosphoric acid groups is 3. The summed E-state index contributed by atoms with van der Waals surface area (Å²) in [5, 5.41) is 35.7. The van der Waals surface area contributed by atoms with Gasteiger partial charge in [0, 0.05) is 30.7 Å². The predicted molar refractivity (Wildman–Crippen MR) is 209 cm³/mol. The van der Waals surface area contributed by atoms with Crippen molar-refractivity contribution in [3.63, 3.8) is 0 Å². The molecule has 1 aromatic carbocycles. The molecule has 2 aromatic heterocycles. The molecular formula is C31H44N7O18P3S. The van der Waals surface area contributed by atoms with Crippen LogP contribution < -0.4 is 16.4 Å². The van der Waals surface area contributed by atoms with Gasteiger partial charge in [0.25, 0.3) is 0 Å². The van der Waals surface area contributed by atoms with E-state index in [1.165, 1.54) is 39.0 Å². The number of rotatable bonds is 21. The number of hydrogen-bond donors (Lipinski definition) is 10. The molecule has 2 amide bonds. The Kier molecular flexibility index (Phi) is 16.3. The second-order valence-corrected chi connectivity index (χ2v) is 19.1. The number of benzene rings is 1. The van der Waals surface area contributed by atoms with Crippen molar-refractivity contribution in [1.82, 2.24) is 30.2 Å². The monoisotopic (exact) mass is 927 g/mol. The van der Waals surface area contributed by atoms with Crippen LogP contribution in [-0.2, 0) is 56.4 Å². The number of aromatic nitrogens is 4. The zero-order valence-corrected chi connectivity index (χ0v) is 35.4. The van der Waals surface area contributed by atoms with Gasteiger partial charge in [-0.25, -0.2) is 28.6 Å². The maximum Gasteiger partial charge on any atom is 0.481 e. The first-order chi connectivity index (χ1) is 27.8. The smallest absolute Gasteiger partial charge is 0.481 e. The van der Waals surface area contributed by atoms with Crippen molar-refractivity contribution in [2.75, 3.05) is 37.8 Å². The van der Waals surface area contributed by atoms with Crippen molar-refractivity contribution in [3.8, 4) is 5.75 Å². The van der Waals surface area contributed by atoms with E-state index in [0.717, 1.165) is 29.0 Å². The highest BCUT2D eigenvalue weighted by atomic mass is 32.2. The maximum absolute atomic E-state index is 12.8. The average Bonchev–Trinajstić information content (AvgIpc) is 3.70. The molecule has 29 heteroatoms. The topological polar surface area (TPSA) is 384 Å². The molecule has 7 atom stereocenters. The molecule has 3 heterocycles. The lowest BCUT2D eigenvalue weighted by Crippen LogP contribution is -2.46. The zero-order valence-electron chi connectivity index (χ0n) is 31.9. The first kappa shape index (κ1) is 49.0. The highest BCUT2D eigenvalue weighted by Crippen LogP contribution is 2.61. The number of amides is 2. The van der Waals surface area contributed by atoms with Crippen molar-refractivity contribution in [3.05, 3.63) is 48.6 Å². The highest BCUT2D eigenvalue weighted by molar-refractivity contribution is 8.14. The van der Waals surface area contributed by atoms with Gasteiger partial charge in [-0.3, -0.25) is 32.5 Å². The fourth-order valence-electron chi connectivity index (χ4n) is 5.39. The van der Waals surface area contributed by atoms with E-state index in [1.807, 2.05) is 0 Å². The fraction of sp³-hybridized carbons (Fsp3) is 0.484. The van der Waals surface area contributed by atoms with Crippen molar-refractivity contribution in [2.24, 2.45) is 5.41 Å². The van der Waals surface area contributed by atoms with Crippen molar-refractivity contribution in [1.29, 1.82) is 0 Å². The number of aliphatic hydroxyl groups excluding tert-OH is 2. The Hall–Kier alpha value is -3.68. The Balaban J connectivity index is 1.22. The third kappa shape index (κ3) is 13.7. The van der Waals surface area contributed by atoms with Crippen molar-refractivity contribution >= 4 is 75.2 Å². The molecule has 0 spiro atoms. The standard InChI is InChI=1S/C31H44N7O18P3S/c1-30(2,26(43)29(44)34-11-10-21(40)33-12-13-60-22(41)9-6-18-4-7-19(39)8-5-18)15-53-59(50,51)56-58(48,49)52-14-20-24(55-57(45,46)47)25(42)31(3,54-20)38-17-37-23-27(32)35-16-36-28(23)38/h4-9,16-17,20,24-26,39,42-43H,10-15H2,1-3H3,(H,33,40)(H,34,44)(H,48,49)(H,50,51)(H2,32,35,36)(H2,45,46,47)/b9-6+. The summed E-state index contributed by atoms with van der Waals surface area (Å²) in [6.07, 6.45) is -2.67. The lowest BCUT2D eigenvalue weighted by molar-refractivity contribution is -0.137. The number of carbonyl (C=O) groups is 3. The molecule has 0 saturated carbocycles. The molecule has 7 unspecified atom stereocenters. The molecule has 1 aliphatic heterocycles. The van der Waals surface area contributed by atoms with Crippen LogP contribution >= 0.6 is 35.2 Å². The van der Waals surface area contributed by atoms with Gasteiger partial charge in [-0.1, -0.05) is 43.8 Å². The van der Waals surface area contributed by atoms with E-state index >= 15 is 0 Å². The number of phenols is 1. The van der Waals surface area contributed by atoms with Crippen molar-refractivity contribution in [2.45, 2.75) is 57.3 Å². The highest BCUT2D eigenvalue weighted by Gasteiger charge is 2.57. The largest absolute Gasteiger partial charge is 0.508 e. The molecular weight excluding hydrogens is 883 g/mol. The quantitative estimate of drug-likeness (QED) is 0.0389. The number of phosphoric ester groups is 3. The van der Waals surface area contributed by atoms with E-state index in [4.69, 9.17) is 24.0 Å². The van der Waals surface area contributed by atoms with Crippen LogP contribution in [0.4, 0.5) is 5.82 Å². The molecule has 0 bridgehead atoms. The number of aliphatic hydroxyl groups is 2. The number of anilines is 1. The summed E-state index contributed by atoms with van der Waals surface area (Å²) < 4.78 is 62.7. The summed E-state index contributed by atoms with van der Waals surface area (Å²) in [5.41, 5.74) is 2.97. The molecule has 332 valence electrons. The number of imidazole rings is 1. The van der Waals surface area contributed by atoms with E-state index in [0.29, 0.717) is 5.56 Å². The summed E-state index contributed by atoms with van der Waals surface area (Å²) >= 11 is 0.956. The lowest BCUT2D eigenvalue weighted by atomic mass is 9.87. The zero-order chi connectivity index (χ0) is 44.7. The van der Waals surface area contributed by atoms with Gasteiger partial charge in [0.2, 0.25) is 16.9 Å². The van der Waals surface area contributed by atoms with Crippen molar-refractivity contribution < 1.29 is 85.6 Å². The predicted octanol–water partition coefficient (Wildman–Crippen LogP) is 0.258. The van der Waals surface area contributed by atoms with Gasteiger partial charge < -0.3 is 56.0 Å². The van der Waals surface area contributed by atoms with Crippen LogP contribution in [0.3, 0.4) is 0 Å². The van der Waals surface area contributed by atoms with Gasteiger partial charge in [-0.05, 0) is 30.7 Å². The lowest BCUT2D eigenvalue weighted by Gasteiger charge is -2.30. The van der Waals surface area contributed by atoms with Gasteiger partial charge in [0.05, 0.1) is 19.5 Å². The normalized spacial score (nSPS) is 22.3. The number of hydrogen-bond acceptors (Lipinski definition) is 19. The molecule has 0 radical (unpaired) electrons. The minimum absolute atomic E-state index is 0.0128. The molecule has 1 aliphatic rings. The van der Waals surface area contributed by atoms with Crippen LogP contribution in [0.2, 0.25) is 0 Å². The van der Waals surface area contributed by atoms with Crippen LogP contribution in [0.15, 0.2) is 43.0 Å². The van der Waals surface area contributed by atoms with Gasteiger partial charge in [0.15, 0.2) is 17.2 Å². The van der Waals surface area contributed by atoms with E-state index < -0.39 is 84.1 Å². The van der Waals surface area contributed by atoms with Gasteiger partial charge in [0.1, 0.15) is 42.0 Å². The van der Waals surface area contributed by atoms with E-state index in [2.05, 4.69) is 29.9 Å². The number of aromatic hydroxyl groups is 1. The third-order valence-corrected chi connectivity index (χ3v) is 12.5. The fourth-order valence-corrected chi connectivity index (χ4v) is 8.78. The summed E-state index contributed by atoms with van der Waals surface area (Å²) in [5.74, 6) is -1.18. The minimum Gasteiger partial charge on any atom is -0.508 e. The summed E-state index contributed by atoms with van der Waals surface area (Å²) in [7, 11) is -16.5. The number of carbonyl (C=O) groups excluding carboxylic acids is 3. The number of nitrogens with two attached hydrogens (primary N) is 1. The molecule has 4 rings (SSSR count). The molecule has 3 aromatic rings. The third-order valence-electron chi connectivity index (χ3n) is 8.54. The number of ether oxygens (including phenoxy) is 1. The minimum atomic E-state index is -5.61. The maximum atomic E-state index is 12.8. The number of thioether (sulfide) groups is 1. The van der Waals surface area contributed by atoms with Gasteiger partial charge in [-0.2, -0.15) is 4.31 Å². The van der Waals surface area contributed by atoms with Gasteiger partial charge in [-0.15, -0.1) is 0 Å². The molecule has 11 N–H and O–H groups in total. The number of phenolic OH excluding ortho intramolecular Hbond substituents is 1. The average molecular weight is 928 g/mol. The second kappa shape index (κ2) is 20.0. The number of fused-ring (bicyclic) bond motifs is 1. The number of nitrogen functional groups attached to an aromatic ring is 1. The molecule has 60 heavy (non-hydrogen) atoms. The Morgan fingerprint density at radius 2 is 1.72 bits per heavy atom. The van der Waals surface area contributed by atoms with Gasteiger partial charge >= 0.3 is 23.5 Å². The SMILES string of the molecule is CC(C)(COP(=O)(O)OP(=O)(O)OCC1OC(C)(n2cnc3c(N)ncnc32)C(O)C1OP(=O)(O)O)C(O)C(=O)NCCC(=O)NCCSC(=O)/C=C/c1ccc(O)cc1. The van der Waals surface area contributed by atoms with E-state index in [1.54, 1.807) is 18.2 Å². The molecule has 0 aliphatic carbocycles. The molecule has 1 fully saturated rings. The Labute approximate surface area is 345 Å². The number of nitrogens with one attached hydrogen (secondary N) is 2. The second-order valence-electron chi connectivity index (χ2n) is 13.7. The Bertz CT molecular complexity index is 2190. The Morgan fingerprint density at radius 3 is 2.38 bits per heavy atom. The number of nitrogens with zero attached hydrogens (tertiary/aromatic N) is 4. The molecule has 25 nitrogen and oxygen atoms in total. The van der Waals surface area contributed by atoms with E-state index in [9.17, 15) is 63.0 Å². The first-order valence-corrected chi connectivity index (χ1v) is 22.9. The summed E-state index contributed by atoms with van der Waals surface area (Å²) in [6, 6.07) is 6.21. The molecule has 1 saturated heterocycles. The van der Waals surface area contributed by atoms with Crippen LogP contribution in [0.5, 0.6) is 5.75 Å². The van der Waals surface area contributed by atoms with Crippen LogP contribution in [0, 0.1) is 5.41 Å². The summed E-state index contributed by atoms with van der Waals surface area (Å²) in [4.78, 5) is 88.1. The van der Waals surface area contributed by atoms with E-state index in [-0.39, 0.29) is 53.1 Å². The summed E-state index contributed by atoms with van der Waals surface area (Å²) in [6.45, 7) is 1.56. The van der Waals surface area contributed by atoms with Crippen LogP contribution in [0.1, 0.15) is 32.8 Å².